The van der Waals surface area contributed by atoms with Crippen molar-refractivity contribution in [3.8, 4) is 11.8 Å². The first-order chi connectivity index (χ1) is 18.5. The topological polar surface area (TPSA) is 91.2 Å². The fourth-order valence-electron chi connectivity index (χ4n) is 4.55. The minimum absolute atomic E-state index is 0.226. The third kappa shape index (κ3) is 4.90. The summed E-state index contributed by atoms with van der Waals surface area (Å²) in [6.45, 7) is 4.46. The number of H-pyrrole nitrogens is 1. The van der Waals surface area contributed by atoms with E-state index in [2.05, 4.69) is 42.3 Å². The summed E-state index contributed by atoms with van der Waals surface area (Å²) in [4.78, 5) is 19.7. The molecule has 2 N–H and O–H groups in total. The number of nitrogens with zero attached hydrogens (tertiary/aromatic N) is 5. The van der Waals surface area contributed by atoms with Crippen molar-refractivity contribution in [1.29, 1.82) is 0 Å². The summed E-state index contributed by atoms with van der Waals surface area (Å²) < 4.78 is 1.69. The second-order valence-corrected chi connectivity index (χ2v) is 9.72. The van der Waals surface area contributed by atoms with Crippen LogP contribution in [0.2, 0.25) is 5.02 Å². The average molecular weight is 522 g/mol. The van der Waals surface area contributed by atoms with Crippen LogP contribution in [0.15, 0.2) is 67.1 Å². The van der Waals surface area contributed by atoms with Crippen molar-refractivity contribution in [2.45, 2.75) is 26.4 Å². The fraction of sp³-hybridized carbons (Fsp3) is 0.172. The van der Waals surface area contributed by atoms with E-state index in [9.17, 15) is 4.79 Å². The van der Waals surface area contributed by atoms with Gasteiger partial charge in [0.2, 0.25) is 0 Å². The lowest BCUT2D eigenvalue weighted by molar-refractivity contribution is 0.102. The van der Waals surface area contributed by atoms with Crippen LogP contribution in [0.3, 0.4) is 0 Å². The second-order valence-electron chi connectivity index (χ2n) is 9.31. The Kier molecular flexibility index (Phi) is 6.38. The van der Waals surface area contributed by atoms with Gasteiger partial charge in [-0.15, -0.1) is 0 Å². The maximum absolute atomic E-state index is 13.0. The van der Waals surface area contributed by atoms with Crippen molar-refractivity contribution < 1.29 is 4.79 Å². The minimum Gasteiger partial charge on any atom is -0.322 e. The largest absolute Gasteiger partial charge is 0.322 e. The van der Waals surface area contributed by atoms with Crippen LogP contribution in [-0.2, 0) is 19.5 Å². The van der Waals surface area contributed by atoms with Crippen LogP contribution >= 0.6 is 11.6 Å². The fourth-order valence-corrected chi connectivity index (χ4v) is 4.79. The summed E-state index contributed by atoms with van der Waals surface area (Å²) in [6, 6.07) is 14.8. The number of anilines is 1. The highest BCUT2D eigenvalue weighted by Crippen LogP contribution is 2.25. The molecule has 8 nitrogen and oxygen atoms in total. The number of carbonyl (C=O) groups excluding carboxylic acids is 1. The van der Waals surface area contributed by atoms with E-state index in [1.807, 2.05) is 43.5 Å². The summed E-state index contributed by atoms with van der Waals surface area (Å²) >= 11 is 6.61. The van der Waals surface area contributed by atoms with Crippen LogP contribution < -0.4 is 5.32 Å². The van der Waals surface area contributed by atoms with Crippen molar-refractivity contribution in [3.63, 3.8) is 0 Å². The molecule has 4 heterocycles. The Bertz CT molecular complexity index is 1730. The summed E-state index contributed by atoms with van der Waals surface area (Å²) in [5.41, 5.74) is 7.76. The summed E-state index contributed by atoms with van der Waals surface area (Å²) in [5.74, 6) is 6.06. The number of aryl methyl sites for hydroxylation is 1. The monoisotopic (exact) mass is 521 g/mol. The Hall–Kier alpha value is -4.45. The van der Waals surface area contributed by atoms with Gasteiger partial charge in [-0.1, -0.05) is 29.7 Å². The number of aromatic nitrogens is 5. The van der Waals surface area contributed by atoms with Gasteiger partial charge in [0.15, 0.2) is 5.65 Å². The smallest absolute Gasteiger partial charge is 0.255 e. The highest BCUT2D eigenvalue weighted by molar-refractivity contribution is 6.31. The molecular formula is C29H24ClN7O. The van der Waals surface area contributed by atoms with E-state index < -0.39 is 0 Å². The van der Waals surface area contributed by atoms with Gasteiger partial charge >= 0.3 is 0 Å². The lowest BCUT2D eigenvalue weighted by Crippen LogP contribution is -2.29. The highest BCUT2D eigenvalue weighted by atomic mass is 35.5. The summed E-state index contributed by atoms with van der Waals surface area (Å²) in [6.07, 6.45) is 6.25. The van der Waals surface area contributed by atoms with E-state index in [0.29, 0.717) is 22.0 Å². The molecule has 5 aromatic rings. The SMILES string of the molecule is Cc1ccc(C(=O)Nc2ccc(CN3CCc4cn[nH]c4C3)c(Cl)c2)cc1C#Cc1cnc2cccnn12. The number of benzene rings is 2. The van der Waals surface area contributed by atoms with Gasteiger partial charge < -0.3 is 5.32 Å². The van der Waals surface area contributed by atoms with Gasteiger partial charge in [-0.05, 0) is 72.4 Å². The maximum Gasteiger partial charge on any atom is 0.255 e. The van der Waals surface area contributed by atoms with Gasteiger partial charge in [-0.2, -0.15) is 10.2 Å². The molecule has 0 unspecified atom stereocenters. The van der Waals surface area contributed by atoms with Crippen molar-refractivity contribution in [2.75, 3.05) is 11.9 Å². The normalized spacial score (nSPS) is 13.1. The van der Waals surface area contributed by atoms with Gasteiger partial charge in [-0.25, -0.2) is 9.50 Å². The molecule has 0 bridgehead atoms. The first-order valence-electron chi connectivity index (χ1n) is 12.3. The van der Waals surface area contributed by atoms with Crippen molar-refractivity contribution in [3.05, 3.63) is 111 Å². The average Bonchev–Trinajstić information content (AvgIpc) is 3.56. The first-order valence-corrected chi connectivity index (χ1v) is 12.7. The minimum atomic E-state index is -0.226. The van der Waals surface area contributed by atoms with Gasteiger partial charge in [0.05, 0.1) is 18.1 Å². The quantitative estimate of drug-likeness (QED) is 0.337. The van der Waals surface area contributed by atoms with Crippen molar-refractivity contribution >= 4 is 28.8 Å². The number of carbonyl (C=O) groups is 1. The molecule has 0 saturated carbocycles. The maximum atomic E-state index is 13.0. The van der Waals surface area contributed by atoms with Crippen LogP contribution in [0.4, 0.5) is 5.69 Å². The molecule has 0 fully saturated rings. The van der Waals surface area contributed by atoms with Crippen molar-refractivity contribution in [1.82, 2.24) is 29.7 Å². The van der Waals surface area contributed by atoms with Crippen LogP contribution in [0.25, 0.3) is 5.65 Å². The van der Waals surface area contributed by atoms with Gasteiger partial charge in [0, 0.05) is 47.7 Å². The molecule has 188 valence electrons. The third-order valence-corrected chi connectivity index (χ3v) is 7.05. The van der Waals surface area contributed by atoms with E-state index in [-0.39, 0.29) is 5.91 Å². The van der Waals surface area contributed by atoms with E-state index in [4.69, 9.17) is 11.6 Å². The number of fused-ring (bicyclic) bond motifs is 2. The molecule has 2 aromatic carbocycles. The zero-order valence-corrected chi connectivity index (χ0v) is 21.5. The van der Waals surface area contributed by atoms with Crippen LogP contribution in [0, 0.1) is 18.8 Å². The van der Waals surface area contributed by atoms with E-state index in [0.717, 1.165) is 54.1 Å². The van der Waals surface area contributed by atoms with Crippen LogP contribution in [0.5, 0.6) is 0 Å². The highest BCUT2D eigenvalue weighted by Gasteiger charge is 2.19. The Morgan fingerprint density at radius 2 is 2.08 bits per heavy atom. The molecule has 1 amide bonds. The molecule has 0 saturated heterocycles. The summed E-state index contributed by atoms with van der Waals surface area (Å²) in [7, 11) is 0. The first kappa shape index (κ1) is 23.9. The number of aromatic amines is 1. The Balaban J connectivity index is 1.15. The van der Waals surface area contributed by atoms with Crippen molar-refractivity contribution in [2.24, 2.45) is 0 Å². The standard InChI is InChI=1S/C29H24ClN7O/c1-19-4-5-21(13-20(19)7-9-25-16-31-28-3-2-11-33-37(25)28)29(38)34-24-8-6-23(26(30)14-24)17-36-12-10-22-15-32-35-27(22)18-36/h2-6,8,11,13-16H,10,12,17-18H2,1H3,(H,32,35)(H,34,38). The van der Waals surface area contributed by atoms with E-state index in [1.165, 1.54) is 5.56 Å². The number of imidazole rings is 1. The lowest BCUT2D eigenvalue weighted by Gasteiger charge is -2.26. The molecule has 0 atom stereocenters. The molecule has 1 aliphatic rings. The molecule has 0 aliphatic carbocycles. The van der Waals surface area contributed by atoms with Gasteiger partial charge in [-0.3, -0.25) is 14.8 Å². The zero-order chi connectivity index (χ0) is 26.1. The predicted octanol–water partition coefficient (Wildman–Crippen LogP) is 4.62. The Morgan fingerprint density at radius 1 is 1.16 bits per heavy atom. The number of halogens is 1. The molecule has 3 aromatic heterocycles. The Morgan fingerprint density at radius 3 is 2.97 bits per heavy atom. The molecule has 0 radical (unpaired) electrons. The van der Waals surface area contributed by atoms with E-state index in [1.54, 1.807) is 35.1 Å². The van der Waals surface area contributed by atoms with E-state index >= 15 is 0 Å². The second kappa shape index (κ2) is 10.1. The lowest BCUT2D eigenvalue weighted by atomic mass is 10.0. The number of rotatable bonds is 4. The molecule has 9 heteroatoms. The molecule has 6 rings (SSSR count). The number of hydrogen-bond acceptors (Lipinski definition) is 5. The number of nitrogens with one attached hydrogen (secondary N) is 2. The number of hydrogen-bond donors (Lipinski definition) is 2. The number of amides is 1. The predicted molar refractivity (Wildman–Crippen MR) is 146 cm³/mol. The summed E-state index contributed by atoms with van der Waals surface area (Å²) in [5, 5.41) is 15.1. The molecular weight excluding hydrogens is 498 g/mol. The Labute approximate surface area is 224 Å². The van der Waals surface area contributed by atoms with Crippen LogP contribution in [-0.4, -0.2) is 42.1 Å². The van der Waals surface area contributed by atoms with Gasteiger partial charge in [0.25, 0.3) is 5.91 Å². The molecule has 1 aliphatic heterocycles. The van der Waals surface area contributed by atoms with Gasteiger partial charge in [0.1, 0.15) is 5.69 Å². The molecule has 0 spiro atoms. The zero-order valence-electron chi connectivity index (χ0n) is 20.7. The third-order valence-electron chi connectivity index (χ3n) is 6.69. The molecule has 38 heavy (non-hydrogen) atoms. The van der Waals surface area contributed by atoms with Crippen LogP contribution in [0.1, 0.15) is 44.0 Å².